The first kappa shape index (κ1) is 9.76. The molecule has 0 radical (unpaired) electrons. The van der Waals surface area contributed by atoms with E-state index in [9.17, 15) is 18.0 Å². The van der Waals surface area contributed by atoms with Crippen LogP contribution in [0.4, 0.5) is 13.2 Å². The second kappa shape index (κ2) is 3.12. The minimum absolute atomic E-state index is 0.0879. The van der Waals surface area contributed by atoms with Crippen LogP contribution in [0.5, 0.6) is 0 Å². The molecule has 0 spiro atoms. The fraction of sp³-hybridized carbons (Fsp3) is 0.875. The lowest BCUT2D eigenvalue weighted by molar-refractivity contribution is -0.200. The van der Waals surface area contributed by atoms with E-state index < -0.39 is 12.1 Å². The lowest BCUT2D eigenvalue weighted by Crippen LogP contribution is -2.27. The van der Waals surface area contributed by atoms with E-state index in [2.05, 4.69) is 10.1 Å². The van der Waals surface area contributed by atoms with E-state index in [-0.39, 0.29) is 12.5 Å². The van der Waals surface area contributed by atoms with Crippen LogP contribution in [-0.4, -0.2) is 31.8 Å². The molecule has 0 aromatic heterocycles. The predicted molar refractivity (Wildman–Crippen MR) is 40.4 cm³/mol. The number of rotatable bonds is 2. The lowest BCUT2D eigenvalue weighted by atomic mass is 10.3. The van der Waals surface area contributed by atoms with Gasteiger partial charge in [-0.2, -0.15) is 13.2 Å². The lowest BCUT2D eigenvalue weighted by Gasteiger charge is -2.08. The monoisotopic (exact) mass is 209 g/mol. The Balaban J connectivity index is 1.72. The van der Waals surface area contributed by atoms with Crippen molar-refractivity contribution in [2.45, 2.75) is 6.18 Å². The summed E-state index contributed by atoms with van der Waals surface area (Å²) in [6, 6.07) is 0. The van der Waals surface area contributed by atoms with Gasteiger partial charge in [0.25, 0.3) is 0 Å². The van der Waals surface area contributed by atoms with Gasteiger partial charge in [0.2, 0.25) is 0 Å². The van der Waals surface area contributed by atoms with Crippen LogP contribution in [0.3, 0.4) is 0 Å². The summed E-state index contributed by atoms with van der Waals surface area (Å²) < 4.78 is 39.3. The number of hydrogen-bond donors (Lipinski definition) is 1. The van der Waals surface area contributed by atoms with Crippen molar-refractivity contribution in [1.29, 1.82) is 0 Å². The van der Waals surface area contributed by atoms with Crippen molar-refractivity contribution in [2.75, 3.05) is 19.7 Å². The number of ether oxygens (including phenoxy) is 1. The molecule has 14 heavy (non-hydrogen) atoms. The van der Waals surface area contributed by atoms with Gasteiger partial charge in [-0.1, -0.05) is 0 Å². The third-order valence-corrected chi connectivity index (χ3v) is 2.91. The van der Waals surface area contributed by atoms with E-state index in [4.69, 9.17) is 0 Å². The minimum Gasteiger partial charge on any atom is -0.459 e. The topological polar surface area (TPSA) is 38.3 Å². The molecule has 0 bridgehead atoms. The second-order valence-corrected chi connectivity index (χ2v) is 3.75. The summed E-state index contributed by atoms with van der Waals surface area (Å²) in [7, 11) is 0. The average Bonchev–Trinajstić information content (AvgIpc) is 2.56. The molecule has 3 atom stereocenters. The first-order chi connectivity index (χ1) is 6.50. The minimum atomic E-state index is -4.86. The van der Waals surface area contributed by atoms with E-state index in [1.165, 1.54) is 0 Å². The van der Waals surface area contributed by atoms with Crippen LogP contribution in [-0.2, 0) is 9.53 Å². The van der Waals surface area contributed by atoms with E-state index in [1.54, 1.807) is 0 Å². The number of piperidine rings is 1. The van der Waals surface area contributed by atoms with Gasteiger partial charge in [-0.15, -0.1) is 0 Å². The Kier molecular flexibility index (Phi) is 2.17. The van der Waals surface area contributed by atoms with Crippen molar-refractivity contribution in [3.05, 3.63) is 0 Å². The first-order valence-corrected chi connectivity index (χ1v) is 4.45. The van der Waals surface area contributed by atoms with E-state index >= 15 is 0 Å². The molecule has 1 saturated carbocycles. The maximum absolute atomic E-state index is 11.7. The van der Waals surface area contributed by atoms with Crippen molar-refractivity contribution in [1.82, 2.24) is 5.32 Å². The summed E-state index contributed by atoms with van der Waals surface area (Å²) in [5, 5.41) is 3.11. The Labute approximate surface area is 78.6 Å². The number of fused-ring (bicyclic) bond motifs is 1. The zero-order chi connectivity index (χ0) is 10.3. The van der Waals surface area contributed by atoms with Crippen LogP contribution in [0.1, 0.15) is 0 Å². The third-order valence-electron chi connectivity index (χ3n) is 2.91. The molecule has 1 saturated heterocycles. The highest BCUT2D eigenvalue weighted by Gasteiger charge is 2.54. The second-order valence-electron chi connectivity index (χ2n) is 3.75. The molecule has 1 N–H and O–H groups in total. The maximum Gasteiger partial charge on any atom is 0.490 e. The highest BCUT2D eigenvalue weighted by atomic mass is 19.4. The van der Waals surface area contributed by atoms with Gasteiger partial charge in [0.1, 0.15) is 0 Å². The molecule has 6 heteroatoms. The summed E-state index contributed by atoms with van der Waals surface area (Å²) >= 11 is 0. The van der Waals surface area contributed by atoms with Gasteiger partial charge in [0, 0.05) is 5.92 Å². The summed E-state index contributed by atoms with van der Waals surface area (Å²) in [5.74, 6) is -1.11. The van der Waals surface area contributed by atoms with E-state index in [0.717, 1.165) is 13.1 Å². The summed E-state index contributed by atoms with van der Waals surface area (Å²) in [6.07, 6.45) is -4.86. The van der Waals surface area contributed by atoms with Crippen molar-refractivity contribution < 1.29 is 22.7 Å². The number of nitrogens with one attached hydrogen (secondary N) is 1. The number of carbonyl (C=O) groups excluding carboxylic acids is 1. The molecule has 2 rings (SSSR count). The fourth-order valence-electron chi connectivity index (χ4n) is 2.05. The molecule has 1 aliphatic heterocycles. The number of esters is 1. The predicted octanol–water partition coefficient (Wildman–Crippen LogP) is 0.557. The van der Waals surface area contributed by atoms with Crippen LogP contribution < -0.4 is 5.32 Å². The number of halogens is 3. The zero-order valence-corrected chi connectivity index (χ0v) is 7.30. The van der Waals surface area contributed by atoms with Crippen LogP contribution in [0, 0.1) is 17.8 Å². The Bertz CT molecular complexity index is 243. The molecule has 2 fully saturated rings. The van der Waals surface area contributed by atoms with Crippen LogP contribution in [0.2, 0.25) is 0 Å². The van der Waals surface area contributed by atoms with Gasteiger partial charge in [0.15, 0.2) is 0 Å². The number of carbonyl (C=O) groups is 1. The average molecular weight is 209 g/mol. The van der Waals surface area contributed by atoms with Crippen molar-refractivity contribution in [3.8, 4) is 0 Å². The smallest absolute Gasteiger partial charge is 0.459 e. The summed E-state index contributed by atoms with van der Waals surface area (Å²) in [6.45, 7) is 1.58. The summed E-state index contributed by atoms with van der Waals surface area (Å²) in [4.78, 5) is 10.4. The molecule has 2 aliphatic rings. The molecular formula is C8H10F3NO2. The quantitative estimate of drug-likeness (QED) is 0.675. The molecule has 80 valence electrons. The maximum atomic E-state index is 11.7. The van der Waals surface area contributed by atoms with Gasteiger partial charge in [0.05, 0.1) is 6.61 Å². The molecule has 0 aromatic rings. The van der Waals surface area contributed by atoms with Gasteiger partial charge >= 0.3 is 12.1 Å². The standard InChI is InChI=1S/C8H10F3NO2/c9-8(10,11)7(13)14-3-6-4-1-12-2-5(4)6/h4-6,12H,1-3H2/t4-,5+,6?. The molecule has 1 aliphatic carbocycles. The van der Waals surface area contributed by atoms with Crippen LogP contribution in [0.25, 0.3) is 0 Å². The van der Waals surface area contributed by atoms with Gasteiger partial charge in [-0.3, -0.25) is 0 Å². The fourth-order valence-corrected chi connectivity index (χ4v) is 2.05. The molecule has 1 unspecified atom stereocenters. The van der Waals surface area contributed by atoms with Crippen LogP contribution >= 0.6 is 0 Å². The molecule has 0 aromatic carbocycles. The van der Waals surface area contributed by atoms with Crippen molar-refractivity contribution in [3.63, 3.8) is 0 Å². The Hall–Kier alpha value is -0.780. The first-order valence-electron chi connectivity index (χ1n) is 4.45. The van der Waals surface area contributed by atoms with Gasteiger partial charge < -0.3 is 10.1 Å². The van der Waals surface area contributed by atoms with E-state index in [0.29, 0.717) is 11.8 Å². The largest absolute Gasteiger partial charge is 0.490 e. The SMILES string of the molecule is O=C(OCC1[C@H]2CNC[C@@H]12)C(F)(F)F. The number of alkyl halides is 3. The summed E-state index contributed by atoms with van der Waals surface area (Å²) in [5.41, 5.74) is 0. The highest BCUT2D eigenvalue weighted by molar-refractivity contribution is 5.75. The van der Waals surface area contributed by atoms with Crippen LogP contribution in [0.15, 0.2) is 0 Å². The molecule has 1 heterocycles. The highest BCUT2D eigenvalue weighted by Crippen LogP contribution is 2.48. The molecule has 0 amide bonds. The Morgan fingerprint density at radius 3 is 2.43 bits per heavy atom. The zero-order valence-electron chi connectivity index (χ0n) is 7.30. The molecular weight excluding hydrogens is 199 g/mol. The normalized spacial score (nSPS) is 35.2. The van der Waals surface area contributed by atoms with Gasteiger partial charge in [-0.25, -0.2) is 4.79 Å². The van der Waals surface area contributed by atoms with Gasteiger partial charge in [-0.05, 0) is 24.9 Å². The van der Waals surface area contributed by atoms with Crippen molar-refractivity contribution in [2.24, 2.45) is 17.8 Å². The van der Waals surface area contributed by atoms with E-state index in [1.807, 2.05) is 0 Å². The molecule has 3 nitrogen and oxygen atoms in total. The Morgan fingerprint density at radius 2 is 1.93 bits per heavy atom. The van der Waals surface area contributed by atoms with Crippen molar-refractivity contribution >= 4 is 5.97 Å². The Morgan fingerprint density at radius 1 is 1.36 bits per heavy atom. The number of hydrogen-bond acceptors (Lipinski definition) is 3. The third kappa shape index (κ3) is 1.70.